The third-order valence-electron chi connectivity index (χ3n) is 2.97. The molecule has 1 aromatic rings. The number of amides is 1. The van der Waals surface area contributed by atoms with Crippen molar-refractivity contribution >= 4 is 15.9 Å². The second-order valence-electron chi connectivity index (χ2n) is 4.53. The van der Waals surface area contributed by atoms with Crippen LogP contribution in [0.15, 0.2) is 23.1 Å². The van der Waals surface area contributed by atoms with Gasteiger partial charge in [0.05, 0.1) is 16.0 Å². The fourth-order valence-corrected chi connectivity index (χ4v) is 3.08. The topological polar surface area (TPSA) is 89.3 Å². The smallest absolute Gasteiger partial charge is 0.251 e. The van der Waals surface area contributed by atoms with E-state index in [2.05, 4.69) is 4.72 Å². The standard InChI is InChI=1S/C11H12F2N2O3S/c12-6-11(3-4-11)15-19(17,18)7-1-2-9(13)8(5-7)10(14)16/h1-2,5,15H,3-4,6H2,(H2,14,16). The molecule has 1 aliphatic rings. The number of primary amides is 1. The molecule has 0 aliphatic heterocycles. The van der Waals surface area contributed by atoms with Gasteiger partial charge < -0.3 is 5.73 Å². The molecule has 0 radical (unpaired) electrons. The molecule has 0 atom stereocenters. The van der Waals surface area contributed by atoms with E-state index in [1.54, 1.807) is 0 Å². The van der Waals surface area contributed by atoms with Gasteiger partial charge in [0, 0.05) is 0 Å². The summed E-state index contributed by atoms with van der Waals surface area (Å²) in [6.45, 7) is -0.809. The minimum Gasteiger partial charge on any atom is -0.366 e. The first-order valence-corrected chi connectivity index (χ1v) is 6.97. The minimum atomic E-state index is -4.00. The molecule has 1 saturated carbocycles. The number of hydrogen-bond acceptors (Lipinski definition) is 3. The monoisotopic (exact) mass is 290 g/mol. The normalized spacial score (nSPS) is 17.2. The van der Waals surface area contributed by atoms with Crippen LogP contribution in [0.3, 0.4) is 0 Å². The quantitative estimate of drug-likeness (QED) is 0.836. The molecule has 0 heterocycles. The highest BCUT2D eigenvalue weighted by Crippen LogP contribution is 2.37. The molecule has 0 unspecified atom stereocenters. The van der Waals surface area contributed by atoms with Crippen LogP contribution in [-0.2, 0) is 10.0 Å². The number of carbonyl (C=O) groups is 1. The summed E-state index contributed by atoms with van der Waals surface area (Å²) in [5.74, 6) is -1.97. The SMILES string of the molecule is NC(=O)c1cc(S(=O)(=O)NC2(CF)CC2)ccc1F. The molecule has 1 amide bonds. The van der Waals surface area contributed by atoms with Crippen molar-refractivity contribution in [1.29, 1.82) is 0 Å². The molecular weight excluding hydrogens is 278 g/mol. The fourth-order valence-electron chi connectivity index (χ4n) is 1.62. The van der Waals surface area contributed by atoms with Gasteiger partial charge in [-0.1, -0.05) is 0 Å². The van der Waals surface area contributed by atoms with Gasteiger partial charge in [-0.2, -0.15) is 0 Å². The highest BCUT2D eigenvalue weighted by molar-refractivity contribution is 7.89. The lowest BCUT2D eigenvalue weighted by Gasteiger charge is -2.14. The van der Waals surface area contributed by atoms with Crippen LogP contribution in [0.5, 0.6) is 0 Å². The van der Waals surface area contributed by atoms with Crippen molar-refractivity contribution in [2.45, 2.75) is 23.3 Å². The Morgan fingerprint density at radius 1 is 1.42 bits per heavy atom. The number of carbonyl (C=O) groups excluding carboxylic acids is 1. The van der Waals surface area contributed by atoms with Crippen LogP contribution in [0, 0.1) is 5.82 Å². The van der Waals surface area contributed by atoms with Gasteiger partial charge in [0.1, 0.15) is 12.5 Å². The van der Waals surface area contributed by atoms with Crippen LogP contribution in [-0.4, -0.2) is 26.5 Å². The fraction of sp³-hybridized carbons (Fsp3) is 0.364. The van der Waals surface area contributed by atoms with Crippen molar-refractivity contribution in [3.05, 3.63) is 29.6 Å². The molecule has 0 aromatic heterocycles. The third-order valence-corrected chi connectivity index (χ3v) is 4.55. The Balaban J connectivity index is 2.36. The van der Waals surface area contributed by atoms with Crippen LogP contribution >= 0.6 is 0 Å². The Kier molecular flexibility index (Phi) is 3.31. The maximum absolute atomic E-state index is 13.2. The van der Waals surface area contributed by atoms with Crippen molar-refractivity contribution in [1.82, 2.24) is 4.72 Å². The third kappa shape index (κ3) is 2.74. The average Bonchev–Trinajstić information content (AvgIpc) is 3.08. The highest BCUT2D eigenvalue weighted by Gasteiger charge is 2.46. The van der Waals surface area contributed by atoms with Gasteiger partial charge in [-0.05, 0) is 31.0 Å². The molecule has 0 spiro atoms. The van der Waals surface area contributed by atoms with Crippen molar-refractivity contribution in [2.24, 2.45) is 5.73 Å². The second kappa shape index (κ2) is 4.53. The van der Waals surface area contributed by atoms with E-state index in [1.165, 1.54) is 0 Å². The summed E-state index contributed by atoms with van der Waals surface area (Å²) in [6, 6.07) is 2.68. The zero-order valence-corrected chi connectivity index (χ0v) is 10.6. The van der Waals surface area contributed by atoms with Crippen LogP contribution < -0.4 is 10.5 Å². The van der Waals surface area contributed by atoms with Crippen molar-refractivity contribution in [2.75, 3.05) is 6.67 Å². The Morgan fingerprint density at radius 3 is 2.53 bits per heavy atom. The van der Waals surface area contributed by atoms with Gasteiger partial charge >= 0.3 is 0 Å². The summed E-state index contributed by atoms with van der Waals surface area (Å²) in [6.07, 6.45) is 0.819. The van der Waals surface area contributed by atoms with Gasteiger partial charge in [-0.15, -0.1) is 0 Å². The zero-order chi connectivity index (χ0) is 14.3. The van der Waals surface area contributed by atoms with Gasteiger partial charge in [-0.25, -0.2) is 21.9 Å². The Labute approximate surface area is 108 Å². The number of rotatable bonds is 5. The Bertz CT molecular complexity index is 627. The largest absolute Gasteiger partial charge is 0.366 e. The molecule has 1 aromatic carbocycles. The number of halogens is 2. The van der Waals surface area contributed by atoms with E-state index >= 15 is 0 Å². The van der Waals surface area contributed by atoms with E-state index in [4.69, 9.17) is 5.73 Å². The molecule has 1 fully saturated rings. The molecule has 5 nitrogen and oxygen atoms in total. The number of benzene rings is 1. The second-order valence-corrected chi connectivity index (χ2v) is 6.21. The number of sulfonamides is 1. The minimum absolute atomic E-state index is 0.317. The molecule has 1 aliphatic carbocycles. The summed E-state index contributed by atoms with van der Waals surface area (Å²) in [4.78, 5) is 10.6. The summed E-state index contributed by atoms with van der Waals surface area (Å²) in [5.41, 5.74) is 3.36. The van der Waals surface area contributed by atoms with E-state index < -0.39 is 39.5 Å². The van der Waals surface area contributed by atoms with E-state index in [0.717, 1.165) is 18.2 Å². The van der Waals surface area contributed by atoms with E-state index in [9.17, 15) is 22.0 Å². The lowest BCUT2D eigenvalue weighted by molar-refractivity contribution is 0.0996. The number of nitrogens with one attached hydrogen (secondary N) is 1. The molecule has 0 bridgehead atoms. The lowest BCUT2D eigenvalue weighted by atomic mass is 10.2. The summed E-state index contributed by atoms with van der Waals surface area (Å²) >= 11 is 0. The van der Waals surface area contributed by atoms with E-state index in [-0.39, 0.29) is 4.90 Å². The molecule has 19 heavy (non-hydrogen) atoms. The molecule has 8 heteroatoms. The van der Waals surface area contributed by atoms with Crippen LogP contribution in [0.2, 0.25) is 0 Å². The summed E-state index contributed by atoms with van der Waals surface area (Å²) in [5, 5.41) is 0. The van der Waals surface area contributed by atoms with Gasteiger partial charge in [0.15, 0.2) is 0 Å². The van der Waals surface area contributed by atoms with Crippen molar-refractivity contribution < 1.29 is 22.0 Å². The Morgan fingerprint density at radius 2 is 2.05 bits per heavy atom. The first-order valence-electron chi connectivity index (χ1n) is 5.49. The number of nitrogens with two attached hydrogens (primary N) is 1. The highest BCUT2D eigenvalue weighted by atomic mass is 32.2. The number of hydrogen-bond donors (Lipinski definition) is 2. The zero-order valence-electron chi connectivity index (χ0n) is 9.82. The average molecular weight is 290 g/mol. The first kappa shape index (κ1) is 13.9. The molecule has 0 saturated heterocycles. The first-order chi connectivity index (χ1) is 8.80. The lowest BCUT2D eigenvalue weighted by Crippen LogP contribution is -2.38. The summed E-state index contributed by atoms with van der Waals surface area (Å²) < 4.78 is 52.1. The van der Waals surface area contributed by atoms with E-state index in [1.807, 2.05) is 0 Å². The predicted octanol–water partition coefficient (Wildman–Crippen LogP) is 0.705. The van der Waals surface area contributed by atoms with Gasteiger partial charge in [-0.3, -0.25) is 4.79 Å². The molecule has 104 valence electrons. The van der Waals surface area contributed by atoms with Gasteiger partial charge in [0.25, 0.3) is 5.91 Å². The number of alkyl halides is 1. The molecular formula is C11H12F2N2O3S. The van der Waals surface area contributed by atoms with E-state index in [0.29, 0.717) is 12.8 Å². The molecule has 3 N–H and O–H groups in total. The van der Waals surface area contributed by atoms with Crippen LogP contribution in [0.1, 0.15) is 23.2 Å². The van der Waals surface area contributed by atoms with Crippen molar-refractivity contribution in [3.63, 3.8) is 0 Å². The summed E-state index contributed by atoms with van der Waals surface area (Å²) in [7, 11) is -4.00. The van der Waals surface area contributed by atoms with Crippen LogP contribution in [0.4, 0.5) is 8.78 Å². The van der Waals surface area contributed by atoms with Crippen LogP contribution in [0.25, 0.3) is 0 Å². The van der Waals surface area contributed by atoms with Gasteiger partial charge in [0.2, 0.25) is 10.0 Å². The van der Waals surface area contributed by atoms with Crippen molar-refractivity contribution in [3.8, 4) is 0 Å². The molecule has 2 rings (SSSR count). The maximum atomic E-state index is 13.2. The Hall–Kier alpha value is -1.54. The maximum Gasteiger partial charge on any atom is 0.251 e. The predicted molar refractivity (Wildman–Crippen MR) is 63.2 cm³/mol.